The first-order valence-electron chi connectivity index (χ1n) is 6.88. The largest absolute Gasteiger partial charge is 0.491 e. The predicted molar refractivity (Wildman–Crippen MR) is 85.5 cm³/mol. The molecule has 3 heteroatoms. The molecule has 2 aromatic carbocycles. The van der Waals surface area contributed by atoms with E-state index in [0.717, 1.165) is 23.4 Å². The van der Waals surface area contributed by atoms with Crippen molar-refractivity contribution in [2.45, 2.75) is 19.9 Å². The highest BCUT2D eigenvalue weighted by Crippen LogP contribution is 2.30. The third-order valence-electron chi connectivity index (χ3n) is 2.95. The van der Waals surface area contributed by atoms with Crippen molar-refractivity contribution in [2.75, 3.05) is 13.2 Å². The van der Waals surface area contributed by atoms with Gasteiger partial charge in [-0.1, -0.05) is 61.8 Å². The lowest BCUT2D eigenvalue weighted by molar-refractivity contribution is 0.309. The Labute approximate surface area is 125 Å². The van der Waals surface area contributed by atoms with Gasteiger partial charge in [0.25, 0.3) is 0 Å². The maximum Gasteiger partial charge on any atom is 0.137 e. The van der Waals surface area contributed by atoms with Gasteiger partial charge in [0, 0.05) is 12.6 Å². The zero-order valence-corrected chi connectivity index (χ0v) is 12.7. The van der Waals surface area contributed by atoms with Crippen LogP contribution in [0.2, 0.25) is 5.02 Å². The van der Waals surface area contributed by atoms with Crippen LogP contribution in [0.15, 0.2) is 48.5 Å². The highest BCUT2D eigenvalue weighted by molar-refractivity contribution is 6.32. The van der Waals surface area contributed by atoms with Crippen molar-refractivity contribution >= 4 is 11.6 Å². The summed E-state index contributed by atoms with van der Waals surface area (Å²) in [5, 5.41) is 3.95. The van der Waals surface area contributed by atoms with Gasteiger partial charge < -0.3 is 10.1 Å². The van der Waals surface area contributed by atoms with Gasteiger partial charge in [-0.25, -0.2) is 0 Å². The van der Waals surface area contributed by atoms with Crippen molar-refractivity contribution in [3.63, 3.8) is 0 Å². The summed E-state index contributed by atoms with van der Waals surface area (Å²) in [6.07, 6.45) is 0. The number of nitrogens with one attached hydrogen (secondary N) is 1. The Balaban J connectivity index is 1.99. The first-order chi connectivity index (χ1) is 9.66. The molecule has 0 heterocycles. The molecule has 2 aromatic rings. The van der Waals surface area contributed by atoms with Crippen molar-refractivity contribution in [2.24, 2.45) is 0 Å². The number of hydrogen-bond donors (Lipinski definition) is 1. The Morgan fingerprint density at radius 1 is 1.05 bits per heavy atom. The van der Waals surface area contributed by atoms with Gasteiger partial charge in [0.2, 0.25) is 0 Å². The summed E-state index contributed by atoms with van der Waals surface area (Å²) >= 11 is 6.28. The molecule has 0 radical (unpaired) electrons. The van der Waals surface area contributed by atoms with Crippen LogP contribution in [0.25, 0.3) is 11.1 Å². The Hall–Kier alpha value is -1.51. The van der Waals surface area contributed by atoms with Gasteiger partial charge >= 0.3 is 0 Å². The lowest BCUT2D eigenvalue weighted by Gasteiger charge is -2.11. The second-order valence-electron chi connectivity index (χ2n) is 4.97. The molecule has 0 aliphatic carbocycles. The van der Waals surface area contributed by atoms with Crippen LogP contribution in [0.5, 0.6) is 5.75 Å². The topological polar surface area (TPSA) is 21.3 Å². The Bertz CT molecular complexity index is 540. The highest BCUT2D eigenvalue weighted by atomic mass is 35.5. The fourth-order valence-electron chi connectivity index (χ4n) is 1.94. The molecular weight excluding hydrogens is 270 g/mol. The van der Waals surface area contributed by atoms with E-state index in [0.29, 0.717) is 17.7 Å². The molecule has 0 fully saturated rings. The van der Waals surface area contributed by atoms with Crippen LogP contribution in [0.4, 0.5) is 0 Å². The van der Waals surface area contributed by atoms with E-state index in [1.165, 1.54) is 0 Å². The van der Waals surface area contributed by atoms with E-state index in [1.54, 1.807) is 0 Å². The molecular formula is C17H20ClNO. The van der Waals surface area contributed by atoms with Crippen molar-refractivity contribution in [1.29, 1.82) is 0 Å². The van der Waals surface area contributed by atoms with Gasteiger partial charge in [-0.15, -0.1) is 0 Å². The number of hydrogen-bond acceptors (Lipinski definition) is 2. The van der Waals surface area contributed by atoms with E-state index in [2.05, 4.69) is 31.3 Å². The molecule has 106 valence electrons. The standard InChI is InChI=1S/C17H20ClNO/c1-13(2)19-10-11-20-17-9-8-15(12-16(17)18)14-6-4-3-5-7-14/h3-9,12-13,19H,10-11H2,1-2H3. The second kappa shape index (κ2) is 7.32. The van der Waals surface area contributed by atoms with Crippen LogP contribution < -0.4 is 10.1 Å². The summed E-state index contributed by atoms with van der Waals surface area (Å²) in [5.74, 6) is 0.733. The van der Waals surface area contributed by atoms with Crippen LogP contribution in [0.1, 0.15) is 13.8 Å². The summed E-state index contributed by atoms with van der Waals surface area (Å²) in [6, 6.07) is 16.6. The summed E-state index contributed by atoms with van der Waals surface area (Å²) in [7, 11) is 0. The molecule has 0 aliphatic heterocycles. The van der Waals surface area contributed by atoms with Gasteiger partial charge in [-0.3, -0.25) is 0 Å². The fraction of sp³-hybridized carbons (Fsp3) is 0.294. The molecule has 2 rings (SSSR count). The van der Waals surface area contributed by atoms with E-state index in [9.17, 15) is 0 Å². The normalized spacial score (nSPS) is 10.8. The number of ether oxygens (including phenoxy) is 1. The molecule has 0 aliphatic rings. The van der Waals surface area contributed by atoms with E-state index >= 15 is 0 Å². The average Bonchev–Trinajstić information content (AvgIpc) is 2.45. The summed E-state index contributed by atoms with van der Waals surface area (Å²) < 4.78 is 5.68. The Kier molecular flexibility index (Phi) is 5.45. The third-order valence-corrected chi connectivity index (χ3v) is 3.25. The van der Waals surface area contributed by atoms with Crippen molar-refractivity contribution in [3.8, 4) is 16.9 Å². The molecule has 0 saturated heterocycles. The summed E-state index contributed by atoms with van der Waals surface area (Å²) in [6.45, 7) is 5.65. The van der Waals surface area contributed by atoms with Gasteiger partial charge in [0.15, 0.2) is 0 Å². The number of benzene rings is 2. The molecule has 2 nitrogen and oxygen atoms in total. The predicted octanol–water partition coefficient (Wildman–Crippen LogP) is 4.38. The average molecular weight is 290 g/mol. The number of halogens is 1. The minimum Gasteiger partial charge on any atom is -0.491 e. The van der Waals surface area contributed by atoms with Crippen molar-refractivity contribution in [1.82, 2.24) is 5.32 Å². The molecule has 1 N–H and O–H groups in total. The van der Waals surface area contributed by atoms with E-state index in [1.807, 2.05) is 36.4 Å². The minimum atomic E-state index is 0.467. The molecule has 20 heavy (non-hydrogen) atoms. The molecule has 0 amide bonds. The van der Waals surface area contributed by atoms with Gasteiger partial charge in [-0.05, 0) is 23.3 Å². The van der Waals surface area contributed by atoms with Gasteiger partial charge in [0.05, 0.1) is 5.02 Å². The summed E-state index contributed by atoms with van der Waals surface area (Å²) in [4.78, 5) is 0. The van der Waals surface area contributed by atoms with Crippen molar-refractivity contribution in [3.05, 3.63) is 53.6 Å². The first kappa shape index (κ1) is 14.9. The maximum absolute atomic E-state index is 6.28. The van der Waals surface area contributed by atoms with Gasteiger partial charge in [0.1, 0.15) is 12.4 Å². The SMILES string of the molecule is CC(C)NCCOc1ccc(-c2ccccc2)cc1Cl. The van der Waals surface area contributed by atoms with Crippen LogP contribution in [0.3, 0.4) is 0 Å². The van der Waals surface area contributed by atoms with E-state index in [-0.39, 0.29) is 0 Å². The molecule has 0 saturated carbocycles. The van der Waals surface area contributed by atoms with Crippen LogP contribution in [0, 0.1) is 0 Å². The zero-order valence-electron chi connectivity index (χ0n) is 11.9. The number of rotatable bonds is 6. The smallest absolute Gasteiger partial charge is 0.137 e. The highest BCUT2D eigenvalue weighted by Gasteiger charge is 2.04. The lowest BCUT2D eigenvalue weighted by Crippen LogP contribution is -2.27. The lowest BCUT2D eigenvalue weighted by atomic mass is 10.1. The molecule has 0 atom stereocenters. The maximum atomic E-state index is 6.28. The second-order valence-corrected chi connectivity index (χ2v) is 5.38. The quantitative estimate of drug-likeness (QED) is 0.797. The first-order valence-corrected chi connectivity index (χ1v) is 7.26. The van der Waals surface area contributed by atoms with Crippen LogP contribution in [-0.2, 0) is 0 Å². The molecule has 0 aromatic heterocycles. The fourth-order valence-corrected chi connectivity index (χ4v) is 2.17. The Morgan fingerprint density at radius 2 is 1.80 bits per heavy atom. The van der Waals surface area contributed by atoms with Gasteiger partial charge in [-0.2, -0.15) is 0 Å². The minimum absolute atomic E-state index is 0.467. The Morgan fingerprint density at radius 3 is 2.45 bits per heavy atom. The molecule has 0 unspecified atom stereocenters. The zero-order chi connectivity index (χ0) is 14.4. The molecule has 0 bridgehead atoms. The van der Waals surface area contributed by atoms with Crippen LogP contribution in [-0.4, -0.2) is 19.2 Å². The van der Waals surface area contributed by atoms with Crippen molar-refractivity contribution < 1.29 is 4.74 Å². The van der Waals surface area contributed by atoms with E-state index < -0.39 is 0 Å². The van der Waals surface area contributed by atoms with E-state index in [4.69, 9.17) is 16.3 Å². The molecule has 0 spiro atoms. The van der Waals surface area contributed by atoms with Crippen LogP contribution >= 0.6 is 11.6 Å². The summed E-state index contributed by atoms with van der Waals surface area (Å²) in [5.41, 5.74) is 2.26. The monoisotopic (exact) mass is 289 g/mol. The third kappa shape index (κ3) is 4.26.